The summed E-state index contributed by atoms with van der Waals surface area (Å²) < 4.78 is 28.3. The number of ether oxygens (including phenoxy) is 3. The number of unbranched alkanes of at least 4 members (excludes halogenated alkanes) is 6. The standard InChI is InChI=1S/C32H40N2O5/c1-3-5-7-9-19-36-27-15-11-25(12-16-27)31-21-29(38-33-31)23-35-24-30-22-32(34-39-30)26-13-17-28(18-14-26)37-20-10-8-6-4-2/h11-18,21-22H,3-10,19-20,23-24H2,1-2H3. The van der Waals surface area contributed by atoms with Crippen molar-refractivity contribution >= 4 is 0 Å². The number of benzene rings is 2. The Balaban J connectivity index is 1.19. The Hall–Kier alpha value is -3.58. The molecule has 0 fully saturated rings. The maximum Gasteiger partial charge on any atom is 0.163 e. The Morgan fingerprint density at radius 1 is 0.564 bits per heavy atom. The molecular weight excluding hydrogens is 492 g/mol. The van der Waals surface area contributed by atoms with Gasteiger partial charge in [-0.15, -0.1) is 0 Å². The van der Waals surface area contributed by atoms with Crippen LogP contribution in [0.4, 0.5) is 0 Å². The summed E-state index contributed by atoms with van der Waals surface area (Å²) in [5.41, 5.74) is 3.46. The highest BCUT2D eigenvalue weighted by Crippen LogP contribution is 2.25. The van der Waals surface area contributed by atoms with E-state index in [0.29, 0.717) is 11.5 Å². The second-order valence-electron chi connectivity index (χ2n) is 9.72. The molecule has 7 heteroatoms. The Bertz CT molecular complexity index is 1120. The van der Waals surface area contributed by atoms with Crippen LogP contribution >= 0.6 is 0 Å². The Morgan fingerprint density at radius 2 is 1.00 bits per heavy atom. The van der Waals surface area contributed by atoms with E-state index in [1.807, 2.05) is 60.7 Å². The molecule has 0 aliphatic heterocycles. The highest BCUT2D eigenvalue weighted by molar-refractivity contribution is 5.60. The van der Waals surface area contributed by atoms with E-state index in [2.05, 4.69) is 24.2 Å². The minimum absolute atomic E-state index is 0.284. The van der Waals surface area contributed by atoms with Crippen LogP contribution < -0.4 is 9.47 Å². The second-order valence-corrected chi connectivity index (χ2v) is 9.72. The lowest BCUT2D eigenvalue weighted by Crippen LogP contribution is -1.96. The van der Waals surface area contributed by atoms with Crippen molar-refractivity contribution in [3.05, 3.63) is 72.2 Å². The van der Waals surface area contributed by atoms with E-state index >= 15 is 0 Å². The van der Waals surface area contributed by atoms with Crippen LogP contribution in [0.3, 0.4) is 0 Å². The molecule has 0 N–H and O–H groups in total. The molecule has 2 heterocycles. The number of hydrogen-bond acceptors (Lipinski definition) is 7. The lowest BCUT2D eigenvalue weighted by molar-refractivity contribution is 0.0727. The molecule has 2 aromatic heterocycles. The van der Waals surface area contributed by atoms with Gasteiger partial charge in [-0.05, 0) is 61.4 Å². The number of hydrogen-bond donors (Lipinski definition) is 0. The Morgan fingerprint density at radius 3 is 1.41 bits per heavy atom. The van der Waals surface area contributed by atoms with Crippen molar-refractivity contribution in [2.75, 3.05) is 13.2 Å². The van der Waals surface area contributed by atoms with Gasteiger partial charge >= 0.3 is 0 Å². The molecule has 39 heavy (non-hydrogen) atoms. The average Bonchev–Trinajstić information content (AvgIpc) is 3.64. The zero-order chi connectivity index (χ0) is 27.1. The molecule has 7 nitrogen and oxygen atoms in total. The van der Waals surface area contributed by atoms with Gasteiger partial charge in [-0.3, -0.25) is 0 Å². The van der Waals surface area contributed by atoms with Gasteiger partial charge in [0.1, 0.15) is 36.1 Å². The summed E-state index contributed by atoms with van der Waals surface area (Å²) in [5.74, 6) is 3.03. The first-order chi connectivity index (χ1) is 19.2. The molecule has 2 aromatic carbocycles. The van der Waals surface area contributed by atoms with Gasteiger partial charge in [0.05, 0.1) is 13.2 Å². The van der Waals surface area contributed by atoms with Crippen molar-refractivity contribution < 1.29 is 23.3 Å². The summed E-state index contributed by atoms with van der Waals surface area (Å²) in [4.78, 5) is 0. The third-order valence-electron chi connectivity index (χ3n) is 6.44. The summed E-state index contributed by atoms with van der Waals surface area (Å²) in [7, 11) is 0. The van der Waals surface area contributed by atoms with Crippen LogP contribution in [0, 0.1) is 0 Å². The maximum atomic E-state index is 5.82. The van der Waals surface area contributed by atoms with Crippen molar-refractivity contribution in [2.24, 2.45) is 0 Å². The monoisotopic (exact) mass is 532 g/mol. The number of aromatic nitrogens is 2. The molecule has 0 radical (unpaired) electrons. The maximum absolute atomic E-state index is 5.82. The smallest absolute Gasteiger partial charge is 0.163 e. The molecule has 0 saturated heterocycles. The van der Waals surface area contributed by atoms with Gasteiger partial charge in [-0.2, -0.15) is 0 Å². The summed E-state index contributed by atoms with van der Waals surface area (Å²) >= 11 is 0. The van der Waals surface area contributed by atoms with Gasteiger partial charge in [0.15, 0.2) is 11.5 Å². The molecule has 0 aliphatic rings. The van der Waals surface area contributed by atoms with Crippen molar-refractivity contribution in [1.82, 2.24) is 10.3 Å². The molecule has 0 spiro atoms. The fourth-order valence-corrected chi connectivity index (χ4v) is 4.17. The summed E-state index contributed by atoms with van der Waals surface area (Å²) in [6.07, 6.45) is 9.54. The first-order valence-corrected chi connectivity index (χ1v) is 14.2. The van der Waals surface area contributed by atoms with E-state index in [1.165, 1.54) is 38.5 Å². The third kappa shape index (κ3) is 9.29. The predicted molar refractivity (Wildman–Crippen MR) is 152 cm³/mol. The Labute approximate surface area is 231 Å². The van der Waals surface area contributed by atoms with Gasteiger partial charge in [-0.1, -0.05) is 62.7 Å². The normalized spacial score (nSPS) is 11.1. The largest absolute Gasteiger partial charge is 0.494 e. The highest BCUT2D eigenvalue weighted by atomic mass is 16.5. The van der Waals surface area contributed by atoms with Gasteiger partial charge < -0.3 is 23.3 Å². The topological polar surface area (TPSA) is 79.8 Å². The first kappa shape index (κ1) is 28.4. The molecule has 0 atom stereocenters. The van der Waals surface area contributed by atoms with Gasteiger partial charge in [0.2, 0.25) is 0 Å². The molecule has 0 amide bonds. The fraction of sp³-hybridized carbons (Fsp3) is 0.438. The molecule has 4 aromatic rings. The third-order valence-corrected chi connectivity index (χ3v) is 6.44. The van der Waals surface area contributed by atoms with E-state index in [0.717, 1.165) is 60.1 Å². The molecule has 0 bridgehead atoms. The average molecular weight is 533 g/mol. The quantitative estimate of drug-likeness (QED) is 0.119. The van der Waals surface area contributed by atoms with E-state index in [9.17, 15) is 0 Å². The highest BCUT2D eigenvalue weighted by Gasteiger charge is 2.10. The molecule has 0 unspecified atom stereocenters. The van der Waals surface area contributed by atoms with Crippen molar-refractivity contribution in [3.63, 3.8) is 0 Å². The zero-order valence-electron chi connectivity index (χ0n) is 23.2. The predicted octanol–water partition coefficient (Wildman–Crippen LogP) is 8.63. The van der Waals surface area contributed by atoms with Crippen molar-refractivity contribution in [1.29, 1.82) is 0 Å². The van der Waals surface area contributed by atoms with Crippen LogP contribution in [0.15, 0.2) is 69.7 Å². The SMILES string of the molecule is CCCCCCOc1ccc(-c2cc(COCc3cc(-c4ccc(OCCCCCC)cc4)no3)on2)cc1. The molecule has 0 saturated carbocycles. The lowest BCUT2D eigenvalue weighted by atomic mass is 10.1. The van der Waals surface area contributed by atoms with E-state index in [4.69, 9.17) is 23.3 Å². The summed E-state index contributed by atoms with van der Waals surface area (Å²) in [6, 6.07) is 19.6. The van der Waals surface area contributed by atoms with Crippen molar-refractivity contribution in [3.8, 4) is 34.0 Å². The van der Waals surface area contributed by atoms with Gasteiger partial charge in [-0.25, -0.2) is 0 Å². The molecule has 208 valence electrons. The summed E-state index contributed by atoms with van der Waals surface area (Å²) in [6.45, 7) is 6.48. The van der Waals surface area contributed by atoms with Gasteiger partial charge in [0, 0.05) is 23.3 Å². The molecule has 0 aliphatic carbocycles. The van der Waals surface area contributed by atoms with Crippen LogP contribution in [-0.4, -0.2) is 23.5 Å². The van der Waals surface area contributed by atoms with Crippen LogP contribution in [0.2, 0.25) is 0 Å². The minimum Gasteiger partial charge on any atom is -0.494 e. The fourth-order valence-electron chi connectivity index (χ4n) is 4.17. The second kappa shape index (κ2) is 15.7. The van der Waals surface area contributed by atoms with Crippen molar-refractivity contribution in [2.45, 2.75) is 78.4 Å². The van der Waals surface area contributed by atoms with Crippen LogP contribution in [0.1, 0.15) is 76.7 Å². The zero-order valence-corrected chi connectivity index (χ0v) is 23.2. The van der Waals surface area contributed by atoms with Gasteiger partial charge in [0.25, 0.3) is 0 Å². The Kier molecular flexibility index (Phi) is 11.5. The number of rotatable bonds is 18. The van der Waals surface area contributed by atoms with E-state index in [1.54, 1.807) is 0 Å². The summed E-state index contributed by atoms with van der Waals surface area (Å²) in [5, 5.41) is 8.36. The molecule has 4 rings (SSSR count). The number of nitrogens with zero attached hydrogens (tertiary/aromatic N) is 2. The van der Waals surface area contributed by atoms with E-state index < -0.39 is 0 Å². The van der Waals surface area contributed by atoms with Crippen LogP contribution in [-0.2, 0) is 18.0 Å². The lowest BCUT2D eigenvalue weighted by Gasteiger charge is -2.06. The van der Waals surface area contributed by atoms with Crippen LogP contribution in [0.5, 0.6) is 11.5 Å². The van der Waals surface area contributed by atoms with E-state index in [-0.39, 0.29) is 13.2 Å². The molecular formula is C32H40N2O5. The minimum atomic E-state index is 0.284. The first-order valence-electron chi connectivity index (χ1n) is 14.2. The van der Waals surface area contributed by atoms with Crippen LogP contribution in [0.25, 0.3) is 22.5 Å².